The SMILES string of the molecule is Nc1ccc(B(O)O)cc1O. The Bertz CT molecular complexity index is 264. The lowest BCUT2D eigenvalue weighted by Crippen LogP contribution is -2.29. The minimum atomic E-state index is -1.57. The van der Waals surface area contributed by atoms with Crippen LogP contribution in [-0.2, 0) is 0 Å². The molecule has 0 saturated carbocycles. The molecule has 0 heterocycles. The first-order valence-electron chi connectivity index (χ1n) is 3.06. The number of rotatable bonds is 1. The molecule has 1 aromatic rings. The average Bonchev–Trinajstić information content (AvgIpc) is 1.94. The molecule has 0 aliphatic rings. The highest BCUT2D eigenvalue weighted by molar-refractivity contribution is 6.58. The van der Waals surface area contributed by atoms with Gasteiger partial charge in [0.05, 0.1) is 5.69 Å². The molecule has 0 spiro atoms. The van der Waals surface area contributed by atoms with Gasteiger partial charge in [-0.25, -0.2) is 0 Å². The number of hydrogen-bond donors (Lipinski definition) is 4. The zero-order valence-electron chi connectivity index (χ0n) is 5.73. The van der Waals surface area contributed by atoms with Gasteiger partial charge in [-0.05, 0) is 17.6 Å². The Hall–Kier alpha value is -1.20. The number of benzene rings is 1. The Morgan fingerprint density at radius 1 is 1.27 bits per heavy atom. The molecule has 0 aromatic heterocycles. The number of nitrogens with two attached hydrogens (primary N) is 1. The molecule has 0 amide bonds. The van der Waals surface area contributed by atoms with E-state index in [-0.39, 0.29) is 16.9 Å². The maximum Gasteiger partial charge on any atom is 0.488 e. The van der Waals surface area contributed by atoms with Gasteiger partial charge in [0.25, 0.3) is 0 Å². The summed E-state index contributed by atoms with van der Waals surface area (Å²) in [4.78, 5) is 0. The zero-order valence-corrected chi connectivity index (χ0v) is 5.73. The van der Waals surface area contributed by atoms with E-state index < -0.39 is 7.12 Å². The minimum absolute atomic E-state index is 0.143. The molecule has 11 heavy (non-hydrogen) atoms. The molecule has 0 aliphatic carbocycles. The second-order valence-corrected chi connectivity index (χ2v) is 2.19. The molecule has 0 bridgehead atoms. The van der Waals surface area contributed by atoms with Crippen LogP contribution in [-0.4, -0.2) is 22.3 Å². The molecule has 0 saturated heterocycles. The molecule has 0 aliphatic heterocycles. The van der Waals surface area contributed by atoms with Gasteiger partial charge < -0.3 is 20.9 Å². The van der Waals surface area contributed by atoms with Crippen molar-refractivity contribution in [2.75, 3.05) is 5.73 Å². The number of nitrogen functional groups attached to an aromatic ring is 1. The number of anilines is 1. The molecule has 0 unspecified atom stereocenters. The van der Waals surface area contributed by atoms with E-state index in [1.54, 1.807) is 0 Å². The van der Waals surface area contributed by atoms with Gasteiger partial charge >= 0.3 is 7.12 Å². The number of phenols is 1. The fourth-order valence-electron chi connectivity index (χ4n) is 0.721. The second-order valence-electron chi connectivity index (χ2n) is 2.19. The number of hydrogen-bond acceptors (Lipinski definition) is 4. The van der Waals surface area contributed by atoms with Crippen molar-refractivity contribution in [3.05, 3.63) is 18.2 Å². The monoisotopic (exact) mass is 153 g/mol. The standard InChI is InChI=1S/C6H8BNO3/c8-5-2-1-4(7(10)11)3-6(5)9/h1-3,9-11H,8H2. The van der Waals surface area contributed by atoms with Gasteiger partial charge in [-0.15, -0.1) is 0 Å². The Kier molecular flexibility index (Phi) is 2.02. The van der Waals surface area contributed by atoms with Crippen LogP contribution < -0.4 is 11.2 Å². The van der Waals surface area contributed by atoms with Crippen molar-refractivity contribution < 1.29 is 15.2 Å². The zero-order chi connectivity index (χ0) is 8.43. The van der Waals surface area contributed by atoms with Crippen LogP contribution in [0.25, 0.3) is 0 Å². The summed E-state index contributed by atoms with van der Waals surface area (Å²) in [6, 6.07) is 4.05. The van der Waals surface area contributed by atoms with E-state index >= 15 is 0 Å². The third-order valence-corrected chi connectivity index (χ3v) is 1.35. The molecule has 0 atom stereocenters. The summed E-state index contributed by atoms with van der Waals surface area (Å²) < 4.78 is 0. The summed E-state index contributed by atoms with van der Waals surface area (Å²) in [6.07, 6.45) is 0. The Labute approximate surface area is 64.0 Å². The number of phenolic OH excluding ortho intramolecular Hbond substituents is 1. The third-order valence-electron chi connectivity index (χ3n) is 1.35. The van der Waals surface area contributed by atoms with E-state index in [2.05, 4.69) is 0 Å². The lowest BCUT2D eigenvalue weighted by atomic mass is 9.80. The van der Waals surface area contributed by atoms with Gasteiger partial charge in [0, 0.05) is 0 Å². The van der Waals surface area contributed by atoms with Crippen LogP contribution in [0.15, 0.2) is 18.2 Å². The van der Waals surface area contributed by atoms with E-state index in [0.29, 0.717) is 0 Å². The van der Waals surface area contributed by atoms with Crippen molar-refractivity contribution in [1.29, 1.82) is 0 Å². The van der Waals surface area contributed by atoms with Crippen molar-refractivity contribution in [2.45, 2.75) is 0 Å². The molecule has 0 radical (unpaired) electrons. The molecule has 1 rings (SSSR count). The van der Waals surface area contributed by atoms with Crippen molar-refractivity contribution in [3.8, 4) is 5.75 Å². The summed E-state index contributed by atoms with van der Waals surface area (Å²) in [6.45, 7) is 0. The van der Waals surface area contributed by atoms with Gasteiger partial charge in [-0.3, -0.25) is 0 Å². The first kappa shape index (κ1) is 7.91. The lowest BCUT2D eigenvalue weighted by Gasteiger charge is -2.01. The minimum Gasteiger partial charge on any atom is -0.506 e. The summed E-state index contributed by atoms with van der Waals surface area (Å²) in [5, 5.41) is 26.3. The van der Waals surface area contributed by atoms with Crippen LogP contribution in [0.3, 0.4) is 0 Å². The molecule has 5 N–H and O–H groups in total. The van der Waals surface area contributed by atoms with Crippen LogP contribution in [0.1, 0.15) is 0 Å². The smallest absolute Gasteiger partial charge is 0.488 e. The van der Waals surface area contributed by atoms with E-state index in [9.17, 15) is 0 Å². The van der Waals surface area contributed by atoms with Gasteiger partial charge in [0.2, 0.25) is 0 Å². The van der Waals surface area contributed by atoms with Crippen molar-refractivity contribution in [1.82, 2.24) is 0 Å². The predicted molar refractivity (Wildman–Crippen MR) is 42.3 cm³/mol. The largest absolute Gasteiger partial charge is 0.506 e. The van der Waals surface area contributed by atoms with Gasteiger partial charge in [0.1, 0.15) is 5.75 Å². The third kappa shape index (κ3) is 1.63. The Morgan fingerprint density at radius 2 is 1.91 bits per heavy atom. The van der Waals surface area contributed by atoms with E-state index in [1.165, 1.54) is 18.2 Å². The van der Waals surface area contributed by atoms with Gasteiger partial charge in [-0.1, -0.05) is 6.07 Å². The van der Waals surface area contributed by atoms with Crippen LogP contribution in [0, 0.1) is 0 Å². The first-order chi connectivity index (χ1) is 5.11. The Balaban J connectivity index is 3.05. The topological polar surface area (TPSA) is 86.7 Å². The average molecular weight is 153 g/mol. The normalized spacial score (nSPS) is 9.64. The van der Waals surface area contributed by atoms with Crippen LogP contribution in [0.2, 0.25) is 0 Å². The van der Waals surface area contributed by atoms with Crippen molar-refractivity contribution in [2.24, 2.45) is 0 Å². The maximum absolute atomic E-state index is 9.00. The molecule has 1 aromatic carbocycles. The fourth-order valence-corrected chi connectivity index (χ4v) is 0.721. The Morgan fingerprint density at radius 3 is 2.36 bits per heavy atom. The summed E-state index contributed by atoms with van der Waals surface area (Å²) in [7, 11) is -1.57. The molecule has 4 nitrogen and oxygen atoms in total. The predicted octanol–water partition coefficient (Wildman–Crippen LogP) is -1.35. The van der Waals surface area contributed by atoms with Gasteiger partial charge in [-0.2, -0.15) is 0 Å². The highest BCUT2D eigenvalue weighted by atomic mass is 16.4. The van der Waals surface area contributed by atoms with Crippen LogP contribution in [0.5, 0.6) is 5.75 Å². The van der Waals surface area contributed by atoms with Gasteiger partial charge in [0.15, 0.2) is 0 Å². The van der Waals surface area contributed by atoms with Crippen LogP contribution in [0.4, 0.5) is 5.69 Å². The second kappa shape index (κ2) is 2.81. The summed E-state index contributed by atoms with van der Waals surface area (Å²) in [5.41, 5.74) is 5.71. The summed E-state index contributed by atoms with van der Waals surface area (Å²) in [5.74, 6) is -0.143. The molecular weight excluding hydrogens is 145 g/mol. The quantitative estimate of drug-likeness (QED) is 0.228. The van der Waals surface area contributed by atoms with E-state index in [4.69, 9.17) is 20.9 Å². The maximum atomic E-state index is 9.00. The molecule has 0 fully saturated rings. The van der Waals surface area contributed by atoms with E-state index in [0.717, 1.165) is 0 Å². The fraction of sp³-hybridized carbons (Fsp3) is 0. The van der Waals surface area contributed by atoms with Crippen LogP contribution >= 0.6 is 0 Å². The lowest BCUT2D eigenvalue weighted by molar-refractivity contribution is 0.425. The molecule has 5 heteroatoms. The first-order valence-corrected chi connectivity index (χ1v) is 3.06. The summed E-state index contributed by atoms with van der Waals surface area (Å²) >= 11 is 0. The van der Waals surface area contributed by atoms with Crippen molar-refractivity contribution in [3.63, 3.8) is 0 Å². The highest BCUT2D eigenvalue weighted by Crippen LogP contribution is 2.15. The van der Waals surface area contributed by atoms with E-state index in [1.807, 2.05) is 0 Å². The molecular formula is C6H8BNO3. The highest BCUT2D eigenvalue weighted by Gasteiger charge is 2.11. The molecule has 58 valence electrons. The number of aromatic hydroxyl groups is 1. The van der Waals surface area contributed by atoms with Crippen molar-refractivity contribution >= 4 is 18.3 Å².